The molecule has 1 aromatic rings. The summed E-state index contributed by atoms with van der Waals surface area (Å²) in [7, 11) is 0. The number of hydrogen-bond donors (Lipinski definition) is 1. The van der Waals surface area contributed by atoms with Gasteiger partial charge in [-0.2, -0.15) is 0 Å². The lowest BCUT2D eigenvalue weighted by atomic mass is 10.2. The van der Waals surface area contributed by atoms with Gasteiger partial charge in [0.05, 0.1) is 5.88 Å². The third-order valence-electron chi connectivity index (χ3n) is 3.36. The summed E-state index contributed by atoms with van der Waals surface area (Å²) in [6.07, 6.45) is 0.874. The van der Waals surface area contributed by atoms with Gasteiger partial charge in [-0.3, -0.25) is 9.59 Å². The summed E-state index contributed by atoms with van der Waals surface area (Å²) < 4.78 is 5.29. The first-order valence-corrected chi connectivity index (χ1v) is 8.59. The van der Waals surface area contributed by atoms with Crippen LogP contribution in [0.1, 0.15) is 18.9 Å². The molecule has 2 rings (SSSR count). The molecule has 0 radical (unpaired) electrons. The number of rotatable bonds is 6. The Kier molecular flexibility index (Phi) is 6.27. The largest absolute Gasteiger partial charge is 0.372 e. The fourth-order valence-electron chi connectivity index (χ4n) is 2.24. The van der Waals surface area contributed by atoms with Crippen molar-refractivity contribution in [1.82, 2.24) is 4.90 Å². The van der Waals surface area contributed by atoms with Crippen LogP contribution in [0, 0.1) is 6.92 Å². The van der Waals surface area contributed by atoms with E-state index in [1.54, 1.807) is 16.7 Å². The summed E-state index contributed by atoms with van der Waals surface area (Å²) in [4.78, 5) is 26.2. The molecule has 1 atom stereocenters. The molecule has 6 heteroatoms. The lowest BCUT2D eigenvalue weighted by Gasteiger charge is -2.23. The predicted molar refractivity (Wildman–Crippen MR) is 88.9 cm³/mol. The minimum absolute atomic E-state index is 0.0443. The fourth-order valence-corrected chi connectivity index (χ4v) is 3.42. The van der Waals surface area contributed by atoms with Gasteiger partial charge in [0, 0.05) is 18.0 Å². The highest BCUT2D eigenvalue weighted by Crippen LogP contribution is 2.22. The zero-order valence-corrected chi connectivity index (χ0v) is 13.8. The monoisotopic (exact) mass is 322 g/mol. The summed E-state index contributed by atoms with van der Waals surface area (Å²) in [5.41, 5.74) is 1.84. The molecule has 1 saturated heterocycles. The third kappa shape index (κ3) is 4.48. The first-order chi connectivity index (χ1) is 10.6. The maximum atomic E-state index is 12.4. The number of ether oxygens (including phenoxy) is 1. The van der Waals surface area contributed by atoms with Crippen molar-refractivity contribution >= 4 is 29.3 Å². The van der Waals surface area contributed by atoms with Crippen LogP contribution in [0.25, 0.3) is 0 Å². The second kappa shape index (κ2) is 8.19. The molecule has 2 amide bonds. The van der Waals surface area contributed by atoms with Crippen LogP contribution in [0.5, 0.6) is 0 Å². The Morgan fingerprint density at radius 1 is 1.45 bits per heavy atom. The van der Waals surface area contributed by atoms with Gasteiger partial charge in [-0.15, -0.1) is 11.8 Å². The minimum Gasteiger partial charge on any atom is -0.372 e. The highest BCUT2D eigenvalue weighted by Gasteiger charge is 2.34. The van der Waals surface area contributed by atoms with Gasteiger partial charge in [0.1, 0.15) is 12.6 Å². The Bertz CT molecular complexity index is 536. The van der Waals surface area contributed by atoms with Crippen LogP contribution in [0.4, 0.5) is 5.69 Å². The highest BCUT2D eigenvalue weighted by molar-refractivity contribution is 7.99. The molecule has 1 heterocycles. The van der Waals surface area contributed by atoms with Gasteiger partial charge in [-0.25, -0.2) is 0 Å². The van der Waals surface area contributed by atoms with Crippen molar-refractivity contribution in [2.24, 2.45) is 0 Å². The number of thioether (sulfide) groups is 1. The van der Waals surface area contributed by atoms with E-state index in [-0.39, 0.29) is 18.4 Å². The van der Waals surface area contributed by atoms with E-state index in [4.69, 9.17) is 4.74 Å². The van der Waals surface area contributed by atoms with Gasteiger partial charge in [-0.1, -0.05) is 19.1 Å². The number of amides is 2. The Hall–Kier alpha value is -1.53. The van der Waals surface area contributed by atoms with E-state index in [0.717, 1.165) is 17.7 Å². The molecule has 120 valence electrons. The van der Waals surface area contributed by atoms with E-state index in [9.17, 15) is 9.59 Å². The van der Waals surface area contributed by atoms with Crippen LogP contribution < -0.4 is 5.32 Å². The van der Waals surface area contributed by atoms with E-state index >= 15 is 0 Å². The molecule has 5 nitrogen and oxygen atoms in total. The average molecular weight is 322 g/mol. The van der Waals surface area contributed by atoms with Crippen LogP contribution >= 0.6 is 11.8 Å². The normalized spacial score (nSPS) is 17.5. The van der Waals surface area contributed by atoms with Crippen molar-refractivity contribution in [1.29, 1.82) is 0 Å². The van der Waals surface area contributed by atoms with Crippen molar-refractivity contribution in [3.8, 4) is 0 Å². The van der Waals surface area contributed by atoms with Gasteiger partial charge in [0.15, 0.2) is 0 Å². The Labute approximate surface area is 135 Å². The van der Waals surface area contributed by atoms with Crippen LogP contribution in [-0.2, 0) is 14.3 Å². The minimum atomic E-state index is -0.428. The summed E-state index contributed by atoms with van der Waals surface area (Å²) >= 11 is 1.59. The van der Waals surface area contributed by atoms with Crippen molar-refractivity contribution in [2.75, 3.05) is 30.2 Å². The second-order valence-electron chi connectivity index (χ2n) is 5.29. The first kappa shape index (κ1) is 16.8. The second-order valence-corrected chi connectivity index (χ2v) is 6.29. The zero-order chi connectivity index (χ0) is 15.9. The molecule has 0 aliphatic carbocycles. The maximum absolute atomic E-state index is 12.4. The lowest BCUT2D eigenvalue weighted by Crippen LogP contribution is -2.45. The van der Waals surface area contributed by atoms with Crippen molar-refractivity contribution < 1.29 is 14.3 Å². The predicted octanol–water partition coefficient (Wildman–Crippen LogP) is 2.26. The topological polar surface area (TPSA) is 58.6 Å². The van der Waals surface area contributed by atoms with E-state index in [0.29, 0.717) is 18.2 Å². The SMILES string of the molecule is CCCOCC(=O)N1CSCC1C(=O)Nc1cccc(C)c1. The molecular weight excluding hydrogens is 300 g/mol. The van der Waals surface area contributed by atoms with Crippen molar-refractivity contribution in [2.45, 2.75) is 26.3 Å². The maximum Gasteiger partial charge on any atom is 0.249 e. The molecule has 1 aliphatic rings. The number of hydrogen-bond acceptors (Lipinski definition) is 4. The molecule has 22 heavy (non-hydrogen) atoms. The Balaban J connectivity index is 1.94. The third-order valence-corrected chi connectivity index (χ3v) is 4.38. The summed E-state index contributed by atoms with van der Waals surface area (Å²) in [5, 5.41) is 2.89. The Morgan fingerprint density at radius 3 is 3.00 bits per heavy atom. The zero-order valence-electron chi connectivity index (χ0n) is 13.0. The fraction of sp³-hybridized carbons (Fsp3) is 0.500. The summed E-state index contributed by atoms with van der Waals surface area (Å²) in [5.74, 6) is 0.902. The van der Waals surface area contributed by atoms with E-state index in [2.05, 4.69) is 5.32 Å². The van der Waals surface area contributed by atoms with Crippen molar-refractivity contribution in [3.63, 3.8) is 0 Å². The molecule has 1 N–H and O–H groups in total. The van der Waals surface area contributed by atoms with Crippen LogP contribution in [0.3, 0.4) is 0 Å². The molecule has 0 bridgehead atoms. The van der Waals surface area contributed by atoms with E-state index in [1.165, 1.54) is 0 Å². The number of anilines is 1. The molecule has 0 aromatic heterocycles. The first-order valence-electron chi connectivity index (χ1n) is 7.44. The standard InChI is InChI=1S/C16H22N2O3S/c1-3-7-21-9-15(19)18-11-22-10-14(18)16(20)17-13-6-4-5-12(2)8-13/h4-6,8,14H,3,7,9-11H2,1-2H3,(H,17,20). The van der Waals surface area contributed by atoms with Gasteiger partial charge in [0.25, 0.3) is 0 Å². The number of aryl methyl sites for hydroxylation is 1. The summed E-state index contributed by atoms with van der Waals surface area (Å²) in [6, 6.07) is 7.21. The highest BCUT2D eigenvalue weighted by atomic mass is 32.2. The van der Waals surface area contributed by atoms with Crippen molar-refractivity contribution in [3.05, 3.63) is 29.8 Å². The Morgan fingerprint density at radius 2 is 2.27 bits per heavy atom. The van der Waals surface area contributed by atoms with Gasteiger partial charge >= 0.3 is 0 Å². The summed E-state index contributed by atoms with van der Waals surface area (Å²) in [6.45, 7) is 4.58. The number of nitrogens with one attached hydrogen (secondary N) is 1. The molecule has 0 saturated carbocycles. The molecule has 1 fully saturated rings. The number of nitrogens with zero attached hydrogens (tertiary/aromatic N) is 1. The average Bonchev–Trinajstić information content (AvgIpc) is 2.97. The van der Waals surface area contributed by atoms with E-state index < -0.39 is 6.04 Å². The lowest BCUT2D eigenvalue weighted by molar-refractivity contribution is -0.140. The van der Waals surface area contributed by atoms with Gasteiger partial charge in [0.2, 0.25) is 11.8 Å². The van der Waals surface area contributed by atoms with Crippen LogP contribution in [0.15, 0.2) is 24.3 Å². The smallest absolute Gasteiger partial charge is 0.249 e. The molecule has 1 aromatic carbocycles. The van der Waals surface area contributed by atoms with Crippen LogP contribution in [0.2, 0.25) is 0 Å². The van der Waals surface area contributed by atoms with Gasteiger partial charge < -0.3 is 15.0 Å². The molecular formula is C16H22N2O3S. The van der Waals surface area contributed by atoms with Gasteiger partial charge in [-0.05, 0) is 31.0 Å². The number of carbonyl (C=O) groups excluding carboxylic acids is 2. The number of benzene rings is 1. The molecule has 1 aliphatic heterocycles. The molecule has 0 spiro atoms. The number of carbonyl (C=O) groups is 2. The van der Waals surface area contributed by atoms with Crippen LogP contribution in [-0.4, -0.2) is 47.6 Å². The van der Waals surface area contributed by atoms with E-state index in [1.807, 2.05) is 38.1 Å². The molecule has 1 unspecified atom stereocenters. The quantitative estimate of drug-likeness (QED) is 0.816.